The number of carbonyl (C=O) groups is 5. The molecule has 0 unspecified atom stereocenters. The van der Waals surface area contributed by atoms with E-state index in [2.05, 4.69) is 24.9 Å². The minimum absolute atomic E-state index is 0.0790. The van der Waals surface area contributed by atoms with Crippen LogP contribution in [0.2, 0.25) is 0 Å². The summed E-state index contributed by atoms with van der Waals surface area (Å²) < 4.78 is 29.9. The Hall–Kier alpha value is -6.90. The van der Waals surface area contributed by atoms with Gasteiger partial charge < -0.3 is 23.7 Å². The van der Waals surface area contributed by atoms with Crippen molar-refractivity contribution in [3.8, 4) is 0 Å². The number of nitrogens with zero attached hydrogens (tertiary/aromatic N) is 5. The summed E-state index contributed by atoms with van der Waals surface area (Å²) in [6, 6.07) is 15.4. The molecule has 1 aliphatic rings. The number of carbonyl (C=O) groups excluding carboxylic acids is 5. The van der Waals surface area contributed by atoms with Crippen molar-refractivity contribution >= 4 is 29.8 Å². The van der Waals surface area contributed by atoms with Crippen molar-refractivity contribution in [2.45, 2.75) is 25.4 Å². The summed E-state index contributed by atoms with van der Waals surface area (Å²) >= 11 is 0. The van der Waals surface area contributed by atoms with E-state index in [9.17, 15) is 24.0 Å². The molecule has 0 saturated heterocycles. The van der Waals surface area contributed by atoms with E-state index in [-0.39, 0.29) is 40.7 Å². The molecule has 5 aromatic heterocycles. The van der Waals surface area contributed by atoms with Crippen LogP contribution in [-0.2, 0) is 23.7 Å². The van der Waals surface area contributed by atoms with Gasteiger partial charge in [0, 0.05) is 62.0 Å². The Morgan fingerprint density at radius 1 is 0.455 bits per heavy atom. The predicted octanol–water partition coefficient (Wildman–Crippen LogP) is 4.77. The number of aromatic nitrogens is 5. The zero-order chi connectivity index (χ0) is 38.5. The first-order valence-electron chi connectivity index (χ1n) is 17.2. The number of esters is 5. The number of pyridine rings is 5. The first-order chi connectivity index (χ1) is 26.8. The van der Waals surface area contributed by atoms with E-state index in [1.54, 1.807) is 30.3 Å². The molecular weight excluding hydrogens is 710 g/mol. The molecule has 6 rings (SSSR count). The summed E-state index contributed by atoms with van der Waals surface area (Å²) in [6.07, 6.45) is 13.4. The standard InChI is InChI=1S/C40H35N5O10/c46-33(28-7-1-14-41-19-28)51-24-39(25-52-34(47)29-8-2-15-42-20-29)12-6-13-40(26-53-35(48)30-9-3-16-43-21-30,27-54-36(49)31-10-4-17-44-22-31)38(39)55-37(50)32-11-5-18-45-23-32/h1-5,7-11,14-23,38H,6,12-13,24-27H2. The SMILES string of the molecule is O=C(OCC1(COC(=O)c2cccnc2)CCCC(COC(=O)c2cccnc2)(COC(=O)c2cccnc2)C1OC(=O)c1cccnc1)c1cccnc1. The van der Waals surface area contributed by atoms with Gasteiger partial charge in [-0.2, -0.15) is 0 Å². The highest BCUT2D eigenvalue weighted by Gasteiger charge is 2.59. The number of hydrogen-bond donors (Lipinski definition) is 0. The van der Waals surface area contributed by atoms with Crippen molar-refractivity contribution in [2.75, 3.05) is 26.4 Å². The molecule has 55 heavy (non-hydrogen) atoms. The van der Waals surface area contributed by atoms with Gasteiger partial charge >= 0.3 is 29.8 Å². The molecular formula is C40H35N5O10. The van der Waals surface area contributed by atoms with Crippen LogP contribution in [0, 0.1) is 10.8 Å². The molecule has 0 aliphatic heterocycles. The van der Waals surface area contributed by atoms with Gasteiger partial charge in [0.2, 0.25) is 0 Å². The third-order valence-electron chi connectivity index (χ3n) is 9.14. The fourth-order valence-corrected chi connectivity index (χ4v) is 6.39. The zero-order valence-corrected chi connectivity index (χ0v) is 29.4. The molecule has 0 N–H and O–H groups in total. The van der Waals surface area contributed by atoms with E-state index in [1.165, 1.54) is 92.3 Å². The Balaban J connectivity index is 1.43. The van der Waals surface area contributed by atoms with Crippen LogP contribution in [0.3, 0.4) is 0 Å². The van der Waals surface area contributed by atoms with Crippen molar-refractivity contribution in [3.63, 3.8) is 0 Å². The molecule has 0 atom stereocenters. The first-order valence-corrected chi connectivity index (χ1v) is 17.2. The molecule has 0 aromatic carbocycles. The molecule has 0 amide bonds. The number of rotatable bonds is 14. The van der Waals surface area contributed by atoms with E-state index in [0.717, 1.165) is 0 Å². The largest absolute Gasteiger partial charge is 0.461 e. The monoisotopic (exact) mass is 745 g/mol. The highest BCUT2D eigenvalue weighted by Crippen LogP contribution is 2.50. The molecule has 5 aromatic rings. The fraction of sp³-hybridized carbons (Fsp3) is 0.250. The second-order valence-corrected chi connectivity index (χ2v) is 12.9. The Labute approximate surface area is 315 Å². The van der Waals surface area contributed by atoms with Crippen LogP contribution in [0.5, 0.6) is 0 Å². The van der Waals surface area contributed by atoms with Crippen molar-refractivity contribution in [1.29, 1.82) is 0 Å². The Morgan fingerprint density at radius 3 is 0.982 bits per heavy atom. The fourth-order valence-electron chi connectivity index (χ4n) is 6.39. The van der Waals surface area contributed by atoms with Crippen molar-refractivity contribution < 1.29 is 47.7 Å². The highest BCUT2D eigenvalue weighted by atomic mass is 16.6. The molecule has 280 valence electrons. The first kappa shape index (κ1) is 37.8. The average molecular weight is 746 g/mol. The maximum Gasteiger partial charge on any atom is 0.340 e. The summed E-state index contributed by atoms with van der Waals surface area (Å²) in [4.78, 5) is 87.6. The van der Waals surface area contributed by atoms with E-state index < -0.39 is 73.2 Å². The van der Waals surface area contributed by atoms with Crippen molar-refractivity contribution in [2.24, 2.45) is 10.8 Å². The van der Waals surface area contributed by atoms with Gasteiger partial charge in [-0.15, -0.1) is 0 Å². The molecule has 1 fully saturated rings. The molecule has 5 heterocycles. The van der Waals surface area contributed by atoms with Crippen LogP contribution < -0.4 is 0 Å². The van der Waals surface area contributed by atoms with Crippen LogP contribution in [-0.4, -0.2) is 87.3 Å². The zero-order valence-electron chi connectivity index (χ0n) is 29.4. The lowest BCUT2D eigenvalue weighted by atomic mass is 9.60. The third kappa shape index (κ3) is 9.37. The molecule has 15 heteroatoms. The molecule has 0 spiro atoms. The topological polar surface area (TPSA) is 196 Å². The van der Waals surface area contributed by atoms with E-state index in [1.807, 2.05) is 0 Å². The minimum Gasteiger partial charge on any atom is -0.461 e. The lowest BCUT2D eigenvalue weighted by Crippen LogP contribution is -2.61. The van der Waals surface area contributed by atoms with E-state index >= 15 is 0 Å². The van der Waals surface area contributed by atoms with Crippen LogP contribution in [0.15, 0.2) is 123 Å². The van der Waals surface area contributed by atoms with Crippen LogP contribution in [0.1, 0.15) is 71.1 Å². The average Bonchev–Trinajstić information content (AvgIpc) is 3.25. The normalized spacial score (nSPS) is 14.5. The van der Waals surface area contributed by atoms with Gasteiger partial charge in [0.1, 0.15) is 32.5 Å². The Morgan fingerprint density at radius 2 is 0.727 bits per heavy atom. The van der Waals surface area contributed by atoms with E-state index in [4.69, 9.17) is 23.7 Å². The van der Waals surface area contributed by atoms with Gasteiger partial charge in [-0.05, 0) is 73.5 Å². The summed E-state index contributed by atoms with van der Waals surface area (Å²) in [7, 11) is 0. The maximum absolute atomic E-state index is 14.0. The summed E-state index contributed by atoms with van der Waals surface area (Å²) in [5.41, 5.74) is -2.33. The van der Waals surface area contributed by atoms with Gasteiger partial charge in [-0.25, -0.2) is 24.0 Å². The quantitative estimate of drug-likeness (QED) is 0.111. The molecule has 0 bridgehead atoms. The summed E-state index contributed by atoms with van der Waals surface area (Å²) in [5, 5.41) is 0. The Bertz CT molecular complexity index is 1840. The van der Waals surface area contributed by atoms with Crippen molar-refractivity contribution in [3.05, 3.63) is 150 Å². The third-order valence-corrected chi connectivity index (χ3v) is 9.14. The van der Waals surface area contributed by atoms with E-state index in [0.29, 0.717) is 6.42 Å². The molecule has 1 aliphatic carbocycles. The molecule has 15 nitrogen and oxygen atoms in total. The van der Waals surface area contributed by atoms with Gasteiger partial charge in [-0.1, -0.05) is 6.42 Å². The second kappa shape index (κ2) is 17.7. The van der Waals surface area contributed by atoms with Crippen LogP contribution in [0.25, 0.3) is 0 Å². The van der Waals surface area contributed by atoms with Gasteiger partial charge in [-0.3, -0.25) is 24.9 Å². The lowest BCUT2D eigenvalue weighted by molar-refractivity contribution is -0.177. The lowest BCUT2D eigenvalue weighted by Gasteiger charge is -2.52. The van der Waals surface area contributed by atoms with Gasteiger partial charge in [0.15, 0.2) is 0 Å². The van der Waals surface area contributed by atoms with Crippen LogP contribution >= 0.6 is 0 Å². The van der Waals surface area contributed by atoms with Gasteiger partial charge in [0.25, 0.3) is 0 Å². The number of ether oxygens (including phenoxy) is 5. The predicted molar refractivity (Wildman–Crippen MR) is 190 cm³/mol. The van der Waals surface area contributed by atoms with Crippen molar-refractivity contribution in [1.82, 2.24) is 24.9 Å². The highest BCUT2D eigenvalue weighted by molar-refractivity contribution is 5.91. The minimum atomic E-state index is -1.49. The second-order valence-electron chi connectivity index (χ2n) is 12.9. The Kier molecular flexibility index (Phi) is 12.2. The summed E-state index contributed by atoms with van der Waals surface area (Å²) in [6.45, 7) is -1.77. The van der Waals surface area contributed by atoms with Crippen LogP contribution in [0.4, 0.5) is 0 Å². The van der Waals surface area contributed by atoms with Gasteiger partial charge in [0.05, 0.1) is 38.6 Å². The molecule has 0 radical (unpaired) electrons. The number of hydrogen-bond acceptors (Lipinski definition) is 15. The molecule has 1 saturated carbocycles. The smallest absolute Gasteiger partial charge is 0.340 e. The maximum atomic E-state index is 14.0. The summed E-state index contributed by atoms with van der Waals surface area (Å²) in [5.74, 6) is -3.81.